The van der Waals surface area contributed by atoms with Crippen LogP contribution >= 0.6 is 0 Å². The maximum Gasteiger partial charge on any atom is 0.311 e. The third kappa shape index (κ3) is 6.24. The molecule has 0 fully saturated rings. The van der Waals surface area contributed by atoms with Crippen LogP contribution in [-0.4, -0.2) is 46.8 Å². The lowest BCUT2D eigenvalue weighted by Crippen LogP contribution is -2.46. The molecule has 0 aliphatic carbocycles. The Morgan fingerprint density at radius 2 is 1.04 bits per heavy atom. The van der Waals surface area contributed by atoms with Gasteiger partial charge in [-0.3, -0.25) is 4.98 Å². The summed E-state index contributed by atoms with van der Waals surface area (Å²) < 4.78 is 5.54. The SMILES string of the molecule is Cc1ccc2c(c1)N=[N+](c1cccc3cccnc13)C[N+]2(C)c1ccccc1.Cc1ccc2c(c1)N=[N+](c1cccc3ccncc13)C[N+]2(C)c1ccccc1. The zero-order valence-corrected chi connectivity index (χ0v) is 32.2. The molecule has 0 N–H and O–H groups in total. The van der Waals surface area contributed by atoms with E-state index in [0.29, 0.717) is 22.3 Å². The molecule has 0 saturated heterocycles. The molecule has 4 heterocycles. The van der Waals surface area contributed by atoms with E-state index in [1.54, 1.807) is 0 Å². The first-order valence-electron chi connectivity index (χ1n) is 19.0. The van der Waals surface area contributed by atoms with E-state index < -0.39 is 0 Å². The number of hydrogen-bond acceptors (Lipinski definition) is 4. The summed E-state index contributed by atoms with van der Waals surface area (Å²) >= 11 is 0. The van der Waals surface area contributed by atoms with Gasteiger partial charge in [0, 0.05) is 58.5 Å². The van der Waals surface area contributed by atoms with Crippen LogP contribution in [0.2, 0.25) is 0 Å². The van der Waals surface area contributed by atoms with Crippen molar-refractivity contribution in [3.8, 4) is 0 Å². The van der Waals surface area contributed by atoms with Gasteiger partial charge in [0.2, 0.25) is 5.69 Å². The van der Waals surface area contributed by atoms with Crippen LogP contribution in [0.1, 0.15) is 11.1 Å². The van der Waals surface area contributed by atoms with Gasteiger partial charge >= 0.3 is 13.3 Å². The second kappa shape index (κ2) is 14.2. The van der Waals surface area contributed by atoms with Crippen molar-refractivity contribution in [2.24, 2.45) is 10.2 Å². The third-order valence-corrected chi connectivity index (χ3v) is 11.1. The van der Waals surface area contributed by atoms with Crippen LogP contribution in [0.25, 0.3) is 21.7 Å². The van der Waals surface area contributed by atoms with Crippen LogP contribution in [0.5, 0.6) is 0 Å². The topological polar surface area (TPSA) is 56.5 Å². The van der Waals surface area contributed by atoms with E-state index >= 15 is 0 Å². The Bertz CT molecular complexity index is 2610. The van der Waals surface area contributed by atoms with E-state index in [2.05, 4.69) is 187 Å². The summed E-state index contributed by atoms with van der Waals surface area (Å²) in [6.45, 7) is 5.65. The number of aromatic nitrogens is 2. The van der Waals surface area contributed by atoms with Crippen molar-refractivity contribution in [3.63, 3.8) is 0 Å². The number of hydrogen-bond donors (Lipinski definition) is 0. The second-order valence-corrected chi connectivity index (χ2v) is 15.0. The molecule has 0 saturated carbocycles. The predicted octanol–water partition coefficient (Wildman–Crippen LogP) is 12.4. The minimum absolute atomic E-state index is 0.656. The summed E-state index contributed by atoms with van der Waals surface area (Å²) in [5, 5.41) is 13.5. The number of aryl methyl sites for hydroxylation is 2. The molecule has 2 atom stereocenters. The van der Waals surface area contributed by atoms with Gasteiger partial charge < -0.3 is 0 Å². The van der Waals surface area contributed by atoms with Crippen molar-refractivity contribution < 1.29 is 9.39 Å². The molecule has 0 spiro atoms. The fourth-order valence-electron chi connectivity index (χ4n) is 8.11. The quantitative estimate of drug-likeness (QED) is 0.134. The van der Waals surface area contributed by atoms with Gasteiger partial charge in [-0.15, -0.1) is 0 Å². The zero-order chi connectivity index (χ0) is 38.3. The molecule has 2 unspecified atom stereocenters. The van der Waals surface area contributed by atoms with Crippen LogP contribution in [0.3, 0.4) is 0 Å². The highest BCUT2D eigenvalue weighted by Gasteiger charge is 2.43. The Labute approximate surface area is 327 Å². The van der Waals surface area contributed by atoms with Crippen molar-refractivity contribution in [1.82, 2.24) is 18.9 Å². The molecule has 2 aromatic heterocycles. The van der Waals surface area contributed by atoms with E-state index in [4.69, 9.17) is 10.2 Å². The van der Waals surface area contributed by atoms with Crippen LogP contribution in [0.15, 0.2) is 180 Å². The first-order valence-corrected chi connectivity index (χ1v) is 19.0. The number of benzene rings is 6. The fourth-order valence-corrected chi connectivity index (χ4v) is 8.11. The van der Waals surface area contributed by atoms with Gasteiger partial charge in [0.25, 0.3) is 5.69 Å². The average Bonchev–Trinajstić information content (AvgIpc) is 3.23. The van der Waals surface area contributed by atoms with Crippen molar-refractivity contribution in [1.29, 1.82) is 0 Å². The van der Waals surface area contributed by atoms with Crippen molar-refractivity contribution in [2.75, 3.05) is 27.4 Å². The van der Waals surface area contributed by atoms with E-state index in [0.717, 1.165) is 39.0 Å². The summed E-state index contributed by atoms with van der Waals surface area (Å²) in [4.78, 5) is 8.99. The van der Waals surface area contributed by atoms with Gasteiger partial charge in [-0.05, 0) is 88.3 Å². The number of para-hydroxylation sites is 3. The lowest BCUT2D eigenvalue weighted by atomic mass is 10.1. The molecule has 0 radical (unpaired) electrons. The van der Waals surface area contributed by atoms with Crippen molar-refractivity contribution >= 4 is 67.2 Å². The molecule has 8 aromatic rings. The summed E-state index contributed by atoms with van der Waals surface area (Å²) in [7, 11) is 4.51. The Morgan fingerprint density at radius 1 is 0.500 bits per heavy atom. The molecule has 56 heavy (non-hydrogen) atoms. The van der Waals surface area contributed by atoms with Crippen molar-refractivity contribution in [3.05, 3.63) is 181 Å². The molecular formula is C48H44N8+4. The van der Waals surface area contributed by atoms with Crippen LogP contribution in [-0.2, 0) is 0 Å². The molecule has 6 aromatic carbocycles. The lowest BCUT2D eigenvalue weighted by molar-refractivity contribution is -0.526. The van der Waals surface area contributed by atoms with E-state index in [9.17, 15) is 0 Å². The highest BCUT2D eigenvalue weighted by atomic mass is 15.5. The van der Waals surface area contributed by atoms with E-state index in [1.807, 2.05) is 30.7 Å². The third-order valence-electron chi connectivity index (χ3n) is 11.1. The largest absolute Gasteiger partial charge is 0.311 e. The standard InChI is InChI=1S/2C24H22N4/c1-18-13-14-23-21(16-18)26-27(17-28(23,2)20-10-4-3-5-11-20)22-12-6-8-19-9-7-15-25-24(19)22;1-18-11-12-24-22(15-18)26-27(17-28(24,2)20-8-4-3-5-9-20)23-10-6-7-19-13-14-25-16-21(19)23/h2*3-16H,17H2,1-2H3/q2*+2. The molecule has 8 heteroatoms. The Kier molecular flexibility index (Phi) is 8.85. The van der Waals surface area contributed by atoms with Gasteiger partial charge in [0.1, 0.15) is 16.9 Å². The Balaban J connectivity index is 0.000000146. The Hall–Kier alpha value is -6.74. The highest BCUT2D eigenvalue weighted by Crippen LogP contribution is 2.46. The first-order chi connectivity index (χ1) is 27.3. The van der Waals surface area contributed by atoms with E-state index in [1.165, 1.54) is 39.3 Å². The Morgan fingerprint density at radius 3 is 1.64 bits per heavy atom. The van der Waals surface area contributed by atoms with Crippen molar-refractivity contribution in [2.45, 2.75) is 13.8 Å². The number of fused-ring (bicyclic) bond motifs is 4. The van der Waals surface area contributed by atoms with Gasteiger partial charge in [0.05, 0.1) is 19.5 Å². The smallest absolute Gasteiger partial charge is 0.264 e. The maximum atomic E-state index is 5.04. The lowest BCUT2D eigenvalue weighted by Gasteiger charge is -2.33. The molecular weight excluding hydrogens is 689 g/mol. The second-order valence-electron chi connectivity index (χ2n) is 15.0. The van der Waals surface area contributed by atoms with E-state index in [-0.39, 0.29) is 0 Å². The molecule has 8 nitrogen and oxygen atoms in total. The summed E-state index contributed by atoms with van der Waals surface area (Å²) in [5.41, 5.74) is 12.4. The van der Waals surface area contributed by atoms with Gasteiger partial charge in [0.15, 0.2) is 22.7 Å². The van der Waals surface area contributed by atoms with Gasteiger partial charge in [-0.25, -0.2) is 14.0 Å². The fraction of sp³-hybridized carbons (Fsp3) is 0.125. The summed E-state index contributed by atoms with van der Waals surface area (Å²) in [5.74, 6) is 0. The molecule has 272 valence electrons. The molecule has 2 aliphatic heterocycles. The summed E-state index contributed by atoms with van der Waals surface area (Å²) in [6, 6.07) is 53.1. The molecule has 0 bridgehead atoms. The number of azo groups is 4. The van der Waals surface area contributed by atoms with Crippen LogP contribution in [0, 0.1) is 13.8 Å². The highest BCUT2D eigenvalue weighted by molar-refractivity contribution is 5.90. The molecule has 10 rings (SSSR count). The van der Waals surface area contributed by atoms with Gasteiger partial charge in [-0.2, -0.15) is 0 Å². The summed E-state index contributed by atoms with van der Waals surface area (Å²) in [6.07, 6.45) is 5.61. The molecule has 0 amide bonds. The van der Waals surface area contributed by atoms with Crippen LogP contribution in [0.4, 0.5) is 45.5 Å². The number of pyridine rings is 2. The van der Waals surface area contributed by atoms with Gasteiger partial charge in [-0.1, -0.05) is 78.9 Å². The predicted molar refractivity (Wildman–Crippen MR) is 227 cm³/mol. The number of rotatable bonds is 4. The average molecular weight is 733 g/mol. The first kappa shape index (κ1) is 35.0. The monoisotopic (exact) mass is 732 g/mol. The number of nitrogens with zero attached hydrogens (tertiary/aromatic N) is 8. The maximum absolute atomic E-state index is 5.04. The minimum atomic E-state index is 0.656. The zero-order valence-electron chi connectivity index (χ0n) is 32.2. The molecule has 2 aliphatic rings. The minimum Gasteiger partial charge on any atom is -0.264 e. The normalized spacial score (nSPS) is 18.6. The number of quaternary nitrogens is 2. The van der Waals surface area contributed by atoms with Crippen LogP contribution < -0.4 is 8.97 Å².